The van der Waals surface area contributed by atoms with Gasteiger partial charge in [-0.05, 0) is 40.0 Å². The van der Waals surface area contributed by atoms with Crippen LogP contribution in [-0.2, 0) is 9.59 Å². The van der Waals surface area contributed by atoms with E-state index >= 15 is 0 Å². The molecular weight excluding hydrogens is 302 g/mol. The van der Waals surface area contributed by atoms with Gasteiger partial charge in [-0.2, -0.15) is 0 Å². The zero-order valence-corrected chi connectivity index (χ0v) is 15.9. The number of allylic oxidation sites excluding steroid dienone is 2. The van der Waals surface area contributed by atoms with Crippen LogP contribution in [0.1, 0.15) is 85.0 Å². The van der Waals surface area contributed by atoms with Crippen molar-refractivity contribution in [1.29, 1.82) is 0 Å². The van der Waals surface area contributed by atoms with Crippen LogP contribution in [0.2, 0.25) is 0 Å². The first-order chi connectivity index (χ1) is 11.6. The molecule has 0 aromatic rings. The molecule has 0 fully saturated rings. The Balaban J connectivity index is 3.94. The second-order valence-corrected chi connectivity index (χ2v) is 6.43. The van der Waals surface area contributed by atoms with Crippen LogP contribution in [0.3, 0.4) is 0 Å². The van der Waals surface area contributed by atoms with Crippen LogP contribution in [0.25, 0.3) is 0 Å². The Labute approximate surface area is 148 Å². The second kappa shape index (κ2) is 15.2. The third-order valence-electron chi connectivity index (χ3n) is 4.50. The van der Waals surface area contributed by atoms with E-state index in [1.807, 2.05) is 13.8 Å². The number of amides is 1. The summed E-state index contributed by atoms with van der Waals surface area (Å²) in [7, 11) is 0. The van der Waals surface area contributed by atoms with Crippen molar-refractivity contribution >= 4 is 11.9 Å². The number of nitrogens with zero attached hydrogens (tertiary/aromatic N) is 1. The number of rotatable bonds is 15. The van der Waals surface area contributed by atoms with Gasteiger partial charge in [0.25, 0.3) is 0 Å². The summed E-state index contributed by atoms with van der Waals surface area (Å²) in [6.07, 6.45) is 14.4. The van der Waals surface area contributed by atoms with Crippen molar-refractivity contribution in [3.8, 4) is 0 Å². The smallest absolute Gasteiger partial charge is 0.304 e. The van der Waals surface area contributed by atoms with E-state index in [9.17, 15) is 9.59 Å². The average Bonchev–Trinajstić information content (AvgIpc) is 2.56. The van der Waals surface area contributed by atoms with Crippen molar-refractivity contribution in [3.63, 3.8) is 0 Å². The van der Waals surface area contributed by atoms with Crippen LogP contribution in [0.4, 0.5) is 0 Å². The number of unbranched alkanes of at least 4 members (excludes halogenated alkanes) is 7. The molecule has 0 rings (SSSR count). The van der Waals surface area contributed by atoms with Gasteiger partial charge in [0.2, 0.25) is 5.91 Å². The molecule has 0 spiro atoms. The van der Waals surface area contributed by atoms with E-state index in [0.717, 1.165) is 12.8 Å². The molecule has 4 heteroatoms. The van der Waals surface area contributed by atoms with Crippen LogP contribution >= 0.6 is 0 Å². The lowest BCUT2D eigenvalue weighted by Crippen LogP contribution is -2.36. The normalized spacial score (nSPS) is 12.5. The van der Waals surface area contributed by atoms with Crippen molar-refractivity contribution in [2.45, 2.75) is 85.0 Å². The van der Waals surface area contributed by atoms with Gasteiger partial charge in [-0.25, -0.2) is 0 Å². The number of carbonyl (C=O) groups is 2. The molecule has 0 aliphatic heterocycles. The van der Waals surface area contributed by atoms with Gasteiger partial charge in [-0.1, -0.05) is 50.7 Å². The number of hydrogen-bond acceptors (Lipinski definition) is 2. The molecule has 24 heavy (non-hydrogen) atoms. The molecule has 0 aliphatic rings. The maximum atomic E-state index is 12.4. The van der Waals surface area contributed by atoms with Gasteiger partial charge >= 0.3 is 5.97 Å². The van der Waals surface area contributed by atoms with E-state index in [2.05, 4.69) is 19.1 Å². The van der Waals surface area contributed by atoms with Crippen LogP contribution in [0.15, 0.2) is 12.2 Å². The second-order valence-electron chi connectivity index (χ2n) is 6.43. The van der Waals surface area contributed by atoms with Crippen LogP contribution < -0.4 is 0 Å². The number of aliphatic carboxylic acids is 1. The van der Waals surface area contributed by atoms with Crippen LogP contribution in [-0.4, -0.2) is 35.0 Å². The Morgan fingerprint density at radius 2 is 1.50 bits per heavy atom. The summed E-state index contributed by atoms with van der Waals surface area (Å²) >= 11 is 0. The summed E-state index contributed by atoms with van der Waals surface area (Å²) < 4.78 is 0. The average molecular weight is 340 g/mol. The molecular formula is C20H37NO3. The minimum atomic E-state index is -0.873. The fourth-order valence-electron chi connectivity index (χ4n) is 3.02. The summed E-state index contributed by atoms with van der Waals surface area (Å²) in [6.45, 7) is 7.24. The van der Waals surface area contributed by atoms with E-state index in [-0.39, 0.29) is 18.2 Å². The molecule has 1 atom stereocenters. The molecule has 1 amide bonds. The Morgan fingerprint density at radius 3 is 2.00 bits per heavy atom. The Hall–Kier alpha value is -1.32. The predicted octanol–water partition coefficient (Wildman–Crippen LogP) is 5.03. The lowest BCUT2D eigenvalue weighted by molar-refractivity contribution is -0.144. The zero-order chi connectivity index (χ0) is 18.2. The molecule has 4 nitrogen and oxygen atoms in total. The van der Waals surface area contributed by atoms with Crippen molar-refractivity contribution in [2.75, 3.05) is 13.1 Å². The molecule has 140 valence electrons. The van der Waals surface area contributed by atoms with Gasteiger partial charge in [0.1, 0.15) is 0 Å². The largest absolute Gasteiger partial charge is 0.481 e. The molecule has 0 saturated carbocycles. The summed E-state index contributed by atoms with van der Waals surface area (Å²) in [4.78, 5) is 25.2. The van der Waals surface area contributed by atoms with Gasteiger partial charge in [0.05, 0.1) is 6.42 Å². The van der Waals surface area contributed by atoms with E-state index in [1.54, 1.807) is 4.90 Å². The molecule has 1 N–H and O–H groups in total. The maximum absolute atomic E-state index is 12.4. The number of carbonyl (C=O) groups excluding carboxylic acids is 1. The fourth-order valence-corrected chi connectivity index (χ4v) is 3.02. The number of carboxylic acids is 1. The molecule has 0 aromatic heterocycles. The van der Waals surface area contributed by atoms with Gasteiger partial charge in [-0.15, -0.1) is 0 Å². The van der Waals surface area contributed by atoms with Crippen LogP contribution in [0, 0.1) is 5.92 Å². The standard InChI is InChI=1S/C20H37NO3/c1-4-7-8-9-10-11-12-13-14-15-16-18(17-19(22)23)20(24)21(5-2)6-3/h4,7,18H,5-6,8-17H2,1-3H3,(H,22,23)/b7-4+. The van der Waals surface area contributed by atoms with E-state index in [0.29, 0.717) is 19.5 Å². The topological polar surface area (TPSA) is 57.6 Å². The fraction of sp³-hybridized carbons (Fsp3) is 0.800. The Morgan fingerprint density at radius 1 is 0.958 bits per heavy atom. The van der Waals surface area contributed by atoms with Crippen LogP contribution in [0.5, 0.6) is 0 Å². The third-order valence-corrected chi connectivity index (χ3v) is 4.50. The van der Waals surface area contributed by atoms with E-state index in [4.69, 9.17) is 5.11 Å². The molecule has 0 aliphatic carbocycles. The summed E-state index contributed by atoms with van der Waals surface area (Å²) in [5.41, 5.74) is 0. The first-order valence-electron chi connectivity index (χ1n) is 9.68. The van der Waals surface area contributed by atoms with Crippen molar-refractivity contribution < 1.29 is 14.7 Å². The highest BCUT2D eigenvalue weighted by atomic mass is 16.4. The molecule has 0 radical (unpaired) electrons. The van der Waals surface area contributed by atoms with E-state index in [1.165, 1.54) is 38.5 Å². The minimum Gasteiger partial charge on any atom is -0.481 e. The number of carboxylic acid groups (broad SMARTS) is 1. The Bertz CT molecular complexity index is 362. The molecule has 0 aromatic carbocycles. The monoisotopic (exact) mass is 339 g/mol. The highest BCUT2D eigenvalue weighted by molar-refractivity contribution is 5.83. The SMILES string of the molecule is C/C=C/CCCCCCCCCC(CC(=O)O)C(=O)N(CC)CC. The number of hydrogen-bond donors (Lipinski definition) is 1. The van der Waals surface area contributed by atoms with E-state index < -0.39 is 5.97 Å². The molecule has 0 heterocycles. The van der Waals surface area contributed by atoms with Crippen molar-refractivity contribution in [3.05, 3.63) is 12.2 Å². The highest BCUT2D eigenvalue weighted by Gasteiger charge is 2.24. The van der Waals surface area contributed by atoms with Gasteiger partial charge in [0, 0.05) is 19.0 Å². The predicted molar refractivity (Wildman–Crippen MR) is 100 cm³/mol. The minimum absolute atomic E-state index is 0.00591. The van der Waals surface area contributed by atoms with Crippen molar-refractivity contribution in [1.82, 2.24) is 4.90 Å². The first-order valence-corrected chi connectivity index (χ1v) is 9.68. The summed E-state index contributed by atoms with van der Waals surface area (Å²) in [5.74, 6) is -1.23. The van der Waals surface area contributed by atoms with Gasteiger partial charge < -0.3 is 10.0 Å². The van der Waals surface area contributed by atoms with Crippen molar-refractivity contribution in [2.24, 2.45) is 5.92 Å². The summed E-state index contributed by atoms with van der Waals surface area (Å²) in [6, 6.07) is 0. The summed E-state index contributed by atoms with van der Waals surface area (Å²) in [5, 5.41) is 9.05. The zero-order valence-electron chi connectivity index (χ0n) is 15.9. The van der Waals surface area contributed by atoms with Gasteiger partial charge in [-0.3, -0.25) is 9.59 Å². The highest BCUT2D eigenvalue weighted by Crippen LogP contribution is 2.18. The Kier molecular flexibility index (Phi) is 14.4. The first kappa shape index (κ1) is 22.7. The molecule has 1 unspecified atom stereocenters. The molecule has 0 saturated heterocycles. The lowest BCUT2D eigenvalue weighted by Gasteiger charge is -2.24. The maximum Gasteiger partial charge on any atom is 0.304 e. The third kappa shape index (κ3) is 11.3. The lowest BCUT2D eigenvalue weighted by atomic mass is 9.95. The molecule has 0 bridgehead atoms. The van der Waals surface area contributed by atoms with Gasteiger partial charge in [0.15, 0.2) is 0 Å². The quantitative estimate of drug-likeness (QED) is 0.336.